The number of hydrogen-bond acceptors (Lipinski definition) is 2. The average Bonchev–Trinajstić information content (AvgIpc) is 2.13. The quantitative estimate of drug-likeness (QED) is 0.565. The Kier molecular flexibility index (Phi) is 2.94. The smallest absolute Gasteiger partial charge is 0.0701 e. The standard InChI is InChI=1S/C9H18N2/c1-9(2)11-7-5-4-6-10(3)8-11/h5,7,9H,4,6,8H2,1-3H3. The molecule has 0 bridgehead atoms. The summed E-state index contributed by atoms with van der Waals surface area (Å²) in [6.07, 6.45) is 5.65. The van der Waals surface area contributed by atoms with E-state index in [-0.39, 0.29) is 0 Å². The zero-order valence-corrected chi connectivity index (χ0v) is 7.75. The van der Waals surface area contributed by atoms with Gasteiger partial charge in [0.2, 0.25) is 0 Å². The first-order valence-corrected chi connectivity index (χ1v) is 4.31. The molecule has 0 aromatic rings. The molecule has 0 fully saturated rings. The topological polar surface area (TPSA) is 6.48 Å². The first-order chi connectivity index (χ1) is 5.20. The Bertz CT molecular complexity index is 140. The molecular formula is C9H18N2. The second-order valence-electron chi connectivity index (χ2n) is 3.50. The van der Waals surface area contributed by atoms with E-state index in [2.05, 4.69) is 43.0 Å². The molecule has 1 rings (SSSR count). The molecule has 2 nitrogen and oxygen atoms in total. The summed E-state index contributed by atoms with van der Waals surface area (Å²) >= 11 is 0. The third kappa shape index (κ3) is 2.54. The maximum atomic E-state index is 2.35. The van der Waals surface area contributed by atoms with E-state index in [1.807, 2.05) is 0 Å². The monoisotopic (exact) mass is 154 g/mol. The fourth-order valence-electron chi connectivity index (χ4n) is 1.24. The molecule has 64 valence electrons. The van der Waals surface area contributed by atoms with Crippen LogP contribution < -0.4 is 0 Å². The van der Waals surface area contributed by atoms with Crippen LogP contribution >= 0.6 is 0 Å². The van der Waals surface area contributed by atoms with Gasteiger partial charge in [0.25, 0.3) is 0 Å². The van der Waals surface area contributed by atoms with Gasteiger partial charge in [-0.2, -0.15) is 0 Å². The van der Waals surface area contributed by atoms with Gasteiger partial charge in [-0.1, -0.05) is 6.08 Å². The Balaban J connectivity index is 2.50. The van der Waals surface area contributed by atoms with Crippen LogP contribution in [0.2, 0.25) is 0 Å². The summed E-state index contributed by atoms with van der Waals surface area (Å²) in [5.41, 5.74) is 0. The Labute approximate surface area is 69.5 Å². The minimum atomic E-state index is 0.617. The van der Waals surface area contributed by atoms with Crippen LogP contribution in [0.15, 0.2) is 12.3 Å². The van der Waals surface area contributed by atoms with Crippen LogP contribution in [0.4, 0.5) is 0 Å². The normalized spacial score (nSPS) is 20.9. The van der Waals surface area contributed by atoms with Gasteiger partial charge in [-0.05, 0) is 33.5 Å². The molecule has 0 unspecified atom stereocenters. The number of hydrogen-bond donors (Lipinski definition) is 0. The molecule has 11 heavy (non-hydrogen) atoms. The summed E-state index contributed by atoms with van der Waals surface area (Å²) in [5.74, 6) is 0. The van der Waals surface area contributed by atoms with Crippen molar-refractivity contribution in [1.29, 1.82) is 0 Å². The molecule has 1 heterocycles. The maximum absolute atomic E-state index is 2.35. The molecule has 0 atom stereocenters. The van der Waals surface area contributed by atoms with Crippen molar-refractivity contribution in [2.75, 3.05) is 20.3 Å². The van der Waals surface area contributed by atoms with Crippen LogP contribution in [-0.2, 0) is 0 Å². The fourth-order valence-corrected chi connectivity index (χ4v) is 1.24. The average molecular weight is 154 g/mol. The Morgan fingerprint density at radius 2 is 2.09 bits per heavy atom. The second kappa shape index (κ2) is 3.77. The van der Waals surface area contributed by atoms with Crippen molar-refractivity contribution in [3.05, 3.63) is 12.3 Å². The Morgan fingerprint density at radius 3 is 2.73 bits per heavy atom. The van der Waals surface area contributed by atoms with Gasteiger partial charge in [0.05, 0.1) is 6.67 Å². The summed E-state index contributed by atoms with van der Waals surface area (Å²) in [7, 11) is 2.17. The summed E-state index contributed by atoms with van der Waals surface area (Å²) in [5, 5.41) is 0. The van der Waals surface area contributed by atoms with E-state index in [9.17, 15) is 0 Å². The zero-order chi connectivity index (χ0) is 8.27. The molecule has 0 saturated carbocycles. The van der Waals surface area contributed by atoms with Gasteiger partial charge < -0.3 is 4.90 Å². The second-order valence-corrected chi connectivity index (χ2v) is 3.50. The lowest BCUT2D eigenvalue weighted by Gasteiger charge is -2.27. The van der Waals surface area contributed by atoms with Crippen molar-refractivity contribution in [2.45, 2.75) is 26.3 Å². The van der Waals surface area contributed by atoms with Crippen molar-refractivity contribution in [3.8, 4) is 0 Å². The van der Waals surface area contributed by atoms with Crippen molar-refractivity contribution in [3.63, 3.8) is 0 Å². The lowest BCUT2D eigenvalue weighted by molar-refractivity contribution is 0.185. The van der Waals surface area contributed by atoms with E-state index in [1.165, 1.54) is 13.0 Å². The van der Waals surface area contributed by atoms with Crippen LogP contribution in [-0.4, -0.2) is 36.1 Å². The van der Waals surface area contributed by atoms with E-state index in [0.717, 1.165) is 6.67 Å². The van der Waals surface area contributed by atoms with Crippen LogP contribution in [0.5, 0.6) is 0 Å². The van der Waals surface area contributed by atoms with Crippen LogP contribution in [0.1, 0.15) is 20.3 Å². The largest absolute Gasteiger partial charge is 0.363 e. The van der Waals surface area contributed by atoms with Gasteiger partial charge in [-0.15, -0.1) is 0 Å². The molecule has 0 amide bonds. The molecular weight excluding hydrogens is 136 g/mol. The molecule has 2 heteroatoms. The van der Waals surface area contributed by atoms with Crippen molar-refractivity contribution < 1.29 is 0 Å². The van der Waals surface area contributed by atoms with Crippen molar-refractivity contribution >= 4 is 0 Å². The Hall–Kier alpha value is -0.500. The lowest BCUT2D eigenvalue weighted by Crippen LogP contribution is -2.35. The van der Waals surface area contributed by atoms with Gasteiger partial charge in [0, 0.05) is 12.6 Å². The summed E-state index contributed by atoms with van der Waals surface area (Å²) in [6.45, 7) is 6.70. The predicted octanol–water partition coefficient (Wildman–Crippen LogP) is 1.50. The molecule has 0 aromatic heterocycles. The van der Waals surface area contributed by atoms with Gasteiger partial charge >= 0.3 is 0 Å². The minimum absolute atomic E-state index is 0.617. The van der Waals surface area contributed by atoms with Gasteiger partial charge in [0.1, 0.15) is 0 Å². The molecule has 0 radical (unpaired) electrons. The zero-order valence-electron chi connectivity index (χ0n) is 7.75. The van der Waals surface area contributed by atoms with Crippen LogP contribution in [0.25, 0.3) is 0 Å². The highest BCUT2D eigenvalue weighted by molar-refractivity contribution is 4.87. The molecule has 0 aliphatic carbocycles. The highest BCUT2D eigenvalue weighted by Crippen LogP contribution is 2.05. The molecule has 1 aliphatic rings. The summed E-state index contributed by atoms with van der Waals surface area (Å²) in [6, 6.07) is 0.617. The van der Waals surface area contributed by atoms with Crippen molar-refractivity contribution in [1.82, 2.24) is 9.80 Å². The van der Waals surface area contributed by atoms with Crippen LogP contribution in [0.3, 0.4) is 0 Å². The number of nitrogens with zero attached hydrogens (tertiary/aromatic N) is 2. The van der Waals surface area contributed by atoms with Gasteiger partial charge in [0.15, 0.2) is 0 Å². The summed E-state index contributed by atoms with van der Waals surface area (Å²) < 4.78 is 0. The third-order valence-electron chi connectivity index (χ3n) is 2.04. The highest BCUT2D eigenvalue weighted by atomic mass is 15.3. The highest BCUT2D eigenvalue weighted by Gasteiger charge is 2.09. The molecule has 0 aromatic carbocycles. The Morgan fingerprint density at radius 1 is 1.36 bits per heavy atom. The molecule has 0 saturated heterocycles. The molecule has 1 aliphatic heterocycles. The van der Waals surface area contributed by atoms with Gasteiger partial charge in [-0.3, -0.25) is 4.90 Å². The van der Waals surface area contributed by atoms with Crippen LogP contribution in [0, 0.1) is 0 Å². The van der Waals surface area contributed by atoms with E-state index in [0.29, 0.717) is 6.04 Å². The fraction of sp³-hybridized carbons (Fsp3) is 0.778. The first kappa shape index (κ1) is 8.60. The third-order valence-corrected chi connectivity index (χ3v) is 2.04. The predicted molar refractivity (Wildman–Crippen MR) is 48.2 cm³/mol. The maximum Gasteiger partial charge on any atom is 0.0701 e. The summed E-state index contributed by atoms with van der Waals surface area (Å²) in [4.78, 5) is 4.70. The molecule has 0 spiro atoms. The molecule has 0 N–H and O–H groups in total. The van der Waals surface area contributed by atoms with E-state index < -0.39 is 0 Å². The van der Waals surface area contributed by atoms with Crippen molar-refractivity contribution in [2.24, 2.45) is 0 Å². The SMILES string of the molecule is CC(C)N1C=CCCN(C)C1. The first-order valence-electron chi connectivity index (χ1n) is 4.31. The van der Waals surface area contributed by atoms with Gasteiger partial charge in [-0.25, -0.2) is 0 Å². The van der Waals surface area contributed by atoms with E-state index >= 15 is 0 Å². The van der Waals surface area contributed by atoms with E-state index in [1.54, 1.807) is 0 Å². The minimum Gasteiger partial charge on any atom is -0.363 e. The number of rotatable bonds is 1. The van der Waals surface area contributed by atoms with E-state index in [4.69, 9.17) is 0 Å². The lowest BCUT2D eigenvalue weighted by atomic mass is 10.3.